The first-order valence-electron chi connectivity index (χ1n) is 6.85. The van der Waals surface area contributed by atoms with Gasteiger partial charge in [0.1, 0.15) is 5.65 Å². The highest BCUT2D eigenvalue weighted by Gasteiger charge is 2.02. The summed E-state index contributed by atoms with van der Waals surface area (Å²) in [4.78, 5) is 19.2. The Hall–Kier alpha value is -2.59. The number of rotatable bonds is 4. The molecule has 4 nitrogen and oxygen atoms in total. The molecule has 3 aromatic rings. The van der Waals surface area contributed by atoms with E-state index >= 15 is 0 Å². The fraction of sp³-hybridized carbons (Fsp3) is 0.0588. The molecule has 0 fully saturated rings. The predicted molar refractivity (Wildman–Crippen MR) is 88.4 cm³/mol. The Balaban J connectivity index is 1.64. The zero-order chi connectivity index (χ0) is 15.4. The number of aromatic amines is 1. The van der Waals surface area contributed by atoms with Crippen molar-refractivity contribution < 1.29 is 4.79 Å². The van der Waals surface area contributed by atoms with Crippen LogP contribution in [-0.2, 0) is 11.3 Å². The van der Waals surface area contributed by atoms with Crippen LogP contribution in [0.1, 0.15) is 11.1 Å². The third kappa shape index (κ3) is 3.35. The molecule has 110 valence electrons. The summed E-state index contributed by atoms with van der Waals surface area (Å²) in [7, 11) is 0. The van der Waals surface area contributed by atoms with E-state index in [0.717, 1.165) is 22.2 Å². The minimum atomic E-state index is -0.154. The quantitative estimate of drug-likeness (QED) is 0.724. The van der Waals surface area contributed by atoms with Crippen LogP contribution in [0.4, 0.5) is 0 Å². The molecule has 0 unspecified atom stereocenters. The summed E-state index contributed by atoms with van der Waals surface area (Å²) in [5.41, 5.74) is 2.70. The minimum absolute atomic E-state index is 0.154. The molecule has 0 bridgehead atoms. The van der Waals surface area contributed by atoms with Crippen LogP contribution in [-0.4, -0.2) is 15.9 Å². The van der Waals surface area contributed by atoms with Gasteiger partial charge in [-0.1, -0.05) is 23.7 Å². The largest absolute Gasteiger partial charge is 0.348 e. The first-order valence-corrected chi connectivity index (χ1v) is 7.22. The van der Waals surface area contributed by atoms with E-state index < -0.39 is 0 Å². The SMILES string of the molecule is O=C(/C=C/c1c[nH]c2ncccc12)NCc1cccc(Cl)c1. The number of pyridine rings is 1. The molecule has 2 heterocycles. The van der Waals surface area contributed by atoms with Crippen LogP contribution >= 0.6 is 11.6 Å². The smallest absolute Gasteiger partial charge is 0.244 e. The van der Waals surface area contributed by atoms with Crippen molar-refractivity contribution in [1.29, 1.82) is 0 Å². The summed E-state index contributed by atoms with van der Waals surface area (Å²) in [6.45, 7) is 0.444. The summed E-state index contributed by atoms with van der Waals surface area (Å²) >= 11 is 5.91. The van der Waals surface area contributed by atoms with Crippen LogP contribution in [0, 0.1) is 0 Å². The number of hydrogen-bond donors (Lipinski definition) is 2. The maximum Gasteiger partial charge on any atom is 0.244 e. The molecule has 5 heteroatoms. The highest BCUT2D eigenvalue weighted by molar-refractivity contribution is 6.30. The predicted octanol–water partition coefficient (Wildman–Crippen LogP) is 3.55. The lowest BCUT2D eigenvalue weighted by Gasteiger charge is -2.02. The first kappa shape index (κ1) is 14.4. The van der Waals surface area contributed by atoms with Crippen molar-refractivity contribution in [3.8, 4) is 0 Å². The summed E-state index contributed by atoms with van der Waals surface area (Å²) in [5, 5.41) is 4.47. The Labute approximate surface area is 132 Å². The second-order valence-corrected chi connectivity index (χ2v) is 5.26. The number of benzene rings is 1. The van der Waals surface area contributed by atoms with Crippen LogP contribution < -0.4 is 5.32 Å². The van der Waals surface area contributed by atoms with Crippen molar-refractivity contribution in [2.75, 3.05) is 0 Å². The van der Waals surface area contributed by atoms with Gasteiger partial charge in [0.2, 0.25) is 5.91 Å². The molecule has 0 aliphatic carbocycles. The highest BCUT2D eigenvalue weighted by Crippen LogP contribution is 2.16. The van der Waals surface area contributed by atoms with Gasteiger partial charge in [-0.3, -0.25) is 4.79 Å². The average Bonchev–Trinajstić information content (AvgIpc) is 2.94. The average molecular weight is 312 g/mol. The van der Waals surface area contributed by atoms with Crippen molar-refractivity contribution in [3.05, 3.63) is 71.0 Å². The third-order valence-electron chi connectivity index (χ3n) is 3.25. The van der Waals surface area contributed by atoms with E-state index in [4.69, 9.17) is 11.6 Å². The van der Waals surface area contributed by atoms with Gasteiger partial charge >= 0.3 is 0 Å². The number of halogens is 1. The van der Waals surface area contributed by atoms with Gasteiger partial charge in [0, 0.05) is 41.0 Å². The van der Waals surface area contributed by atoms with Gasteiger partial charge in [0.25, 0.3) is 0 Å². The van der Waals surface area contributed by atoms with E-state index in [-0.39, 0.29) is 5.91 Å². The Kier molecular flexibility index (Phi) is 4.21. The molecule has 0 saturated heterocycles. The summed E-state index contributed by atoms with van der Waals surface area (Å²) in [6.07, 6.45) is 6.84. The number of aromatic nitrogens is 2. The molecular weight excluding hydrogens is 298 g/mol. The van der Waals surface area contributed by atoms with Crippen molar-refractivity contribution in [3.63, 3.8) is 0 Å². The molecule has 22 heavy (non-hydrogen) atoms. The van der Waals surface area contributed by atoms with Gasteiger partial charge in [-0.2, -0.15) is 0 Å². The van der Waals surface area contributed by atoms with Gasteiger partial charge < -0.3 is 10.3 Å². The molecule has 2 N–H and O–H groups in total. The topological polar surface area (TPSA) is 57.8 Å². The summed E-state index contributed by atoms with van der Waals surface area (Å²) in [6, 6.07) is 11.2. The summed E-state index contributed by atoms with van der Waals surface area (Å²) < 4.78 is 0. The third-order valence-corrected chi connectivity index (χ3v) is 3.49. The molecule has 1 aromatic carbocycles. The van der Waals surface area contributed by atoms with Crippen molar-refractivity contribution in [1.82, 2.24) is 15.3 Å². The van der Waals surface area contributed by atoms with Crippen LogP contribution in [0.5, 0.6) is 0 Å². The first-order chi connectivity index (χ1) is 10.7. The molecule has 2 aromatic heterocycles. The Morgan fingerprint density at radius 2 is 2.23 bits per heavy atom. The van der Waals surface area contributed by atoms with E-state index in [0.29, 0.717) is 11.6 Å². The fourth-order valence-corrected chi connectivity index (χ4v) is 2.39. The molecule has 0 spiro atoms. The maximum absolute atomic E-state index is 11.9. The minimum Gasteiger partial charge on any atom is -0.348 e. The van der Waals surface area contributed by atoms with E-state index in [1.165, 1.54) is 6.08 Å². The van der Waals surface area contributed by atoms with Crippen molar-refractivity contribution >= 4 is 34.6 Å². The molecule has 0 radical (unpaired) electrons. The van der Waals surface area contributed by atoms with Crippen LogP contribution in [0.2, 0.25) is 5.02 Å². The number of nitrogens with zero attached hydrogens (tertiary/aromatic N) is 1. The number of fused-ring (bicyclic) bond motifs is 1. The number of nitrogens with one attached hydrogen (secondary N) is 2. The number of carbonyl (C=O) groups excluding carboxylic acids is 1. The molecule has 0 aliphatic heterocycles. The summed E-state index contributed by atoms with van der Waals surface area (Å²) in [5.74, 6) is -0.154. The van der Waals surface area contributed by atoms with E-state index in [1.807, 2.05) is 36.5 Å². The van der Waals surface area contributed by atoms with Gasteiger partial charge in [0.15, 0.2) is 0 Å². The lowest BCUT2D eigenvalue weighted by molar-refractivity contribution is -0.116. The van der Waals surface area contributed by atoms with Crippen LogP contribution in [0.3, 0.4) is 0 Å². The molecule has 0 saturated carbocycles. The second-order valence-electron chi connectivity index (χ2n) is 4.82. The second kappa shape index (κ2) is 6.45. The number of carbonyl (C=O) groups is 1. The molecule has 0 atom stereocenters. The Morgan fingerprint density at radius 3 is 3.09 bits per heavy atom. The number of hydrogen-bond acceptors (Lipinski definition) is 2. The lowest BCUT2D eigenvalue weighted by Crippen LogP contribution is -2.20. The van der Waals surface area contributed by atoms with E-state index in [1.54, 1.807) is 18.3 Å². The van der Waals surface area contributed by atoms with Gasteiger partial charge in [-0.25, -0.2) is 4.98 Å². The molecule has 3 rings (SSSR count). The standard InChI is InChI=1S/C17H14ClN3O/c18-14-4-1-3-12(9-14)10-20-16(22)7-6-13-11-21-17-15(13)5-2-8-19-17/h1-9,11H,10H2,(H,19,21)(H,20,22)/b7-6+. The van der Waals surface area contributed by atoms with Crippen LogP contribution in [0.15, 0.2) is 54.9 Å². The van der Waals surface area contributed by atoms with Gasteiger partial charge in [0.05, 0.1) is 0 Å². The van der Waals surface area contributed by atoms with E-state index in [2.05, 4.69) is 15.3 Å². The Bertz CT molecular complexity index is 839. The van der Waals surface area contributed by atoms with Gasteiger partial charge in [-0.15, -0.1) is 0 Å². The van der Waals surface area contributed by atoms with Crippen LogP contribution in [0.25, 0.3) is 17.1 Å². The van der Waals surface area contributed by atoms with Crippen molar-refractivity contribution in [2.24, 2.45) is 0 Å². The monoisotopic (exact) mass is 311 g/mol. The van der Waals surface area contributed by atoms with Crippen molar-refractivity contribution in [2.45, 2.75) is 6.54 Å². The Morgan fingerprint density at radius 1 is 1.32 bits per heavy atom. The molecule has 0 aliphatic rings. The molecular formula is C17H14ClN3O. The maximum atomic E-state index is 11.9. The van der Waals surface area contributed by atoms with Gasteiger partial charge in [-0.05, 0) is 35.9 Å². The fourth-order valence-electron chi connectivity index (χ4n) is 2.18. The molecule has 1 amide bonds. The van der Waals surface area contributed by atoms with E-state index in [9.17, 15) is 4.79 Å². The normalized spacial score (nSPS) is 11.1. The number of amides is 1. The highest BCUT2D eigenvalue weighted by atomic mass is 35.5. The zero-order valence-electron chi connectivity index (χ0n) is 11.7. The zero-order valence-corrected chi connectivity index (χ0v) is 12.5. The lowest BCUT2D eigenvalue weighted by atomic mass is 10.2. The number of H-pyrrole nitrogens is 1.